The van der Waals surface area contributed by atoms with Crippen molar-refractivity contribution in [3.63, 3.8) is 0 Å². The van der Waals surface area contributed by atoms with Crippen LogP contribution in [0.3, 0.4) is 0 Å². The summed E-state index contributed by atoms with van der Waals surface area (Å²) in [5.74, 6) is -3.40. The van der Waals surface area contributed by atoms with Crippen LogP contribution < -0.4 is 21.7 Å². The van der Waals surface area contributed by atoms with Gasteiger partial charge < -0.3 is 10.2 Å². The molecule has 2 aromatic rings. The Morgan fingerprint density at radius 3 is 1.44 bits per heavy atom. The quantitative estimate of drug-likeness (QED) is 0.0482. The molecule has 0 bridgehead atoms. The number of nitrogens with one attached hydrogen (secondary N) is 4. The number of para-hydroxylation sites is 2. The minimum absolute atomic E-state index is 0.0595. The number of unbranched alkanes of at least 4 members (excludes halogenated alkanes) is 13. The highest BCUT2D eigenvalue weighted by molar-refractivity contribution is 5.99. The van der Waals surface area contributed by atoms with Crippen molar-refractivity contribution in [2.75, 3.05) is 0 Å². The van der Waals surface area contributed by atoms with Crippen molar-refractivity contribution in [3.05, 3.63) is 58.7 Å². The first kappa shape index (κ1) is 42.1. The minimum atomic E-state index is -0.772. The number of amides is 4. The fourth-order valence-electron chi connectivity index (χ4n) is 6.04. The SMILES string of the molecule is CCCCCCCCC(CC(=O)NNC(=O)c1cccc(CCCCCCC)c1O)C(=O)NNC(=O)c1cccc(CCCCCCC)c1O. The van der Waals surface area contributed by atoms with Gasteiger partial charge in [-0.15, -0.1) is 0 Å². The van der Waals surface area contributed by atoms with E-state index in [0.717, 1.165) is 89.9 Å². The molecular formula is C40H62N4O6. The van der Waals surface area contributed by atoms with Crippen molar-refractivity contribution in [1.29, 1.82) is 0 Å². The lowest BCUT2D eigenvalue weighted by atomic mass is 9.96. The van der Waals surface area contributed by atoms with Crippen molar-refractivity contribution >= 4 is 23.6 Å². The van der Waals surface area contributed by atoms with Crippen LogP contribution in [0.25, 0.3) is 0 Å². The van der Waals surface area contributed by atoms with Crippen molar-refractivity contribution in [3.8, 4) is 11.5 Å². The first-order valence-electron chi connectivity index (χ1n) is 19.0. The molecular weight excluding hydrogens is 632 g/mol. The zero-order valence-corrected chi connectivity index (χ0v) is 30.7. The molecule has 10 heteroatoms. The third kappa shape index (κ3) is 15.6. The first-order valence-corrected chi connectivity index (χ1v) is 19.0. The minimum Gasteiger partial charge on any atom is -0.507 e. The molecule has 0 fully saturated rings. The summed E-state index contributed by atoms with van der Waals surface area (Å²) >= 11 is 0. The zero-order valence-electron chi connectivity index (χ0n) is 30.7. The van der Waals surface area contributed by atoms with Gasteiger partial charge in [-0.3, -0.25) is 40.9 Å². The van der Waals surface area contributed by atoms with E-state index < -0.39 is 29.5 Å². The van der Waals surface area contributed by atoms with Gasteiger partial charge in [0, 0.05) is 12.3 Å². The fourth-order valence-corrected chi connectivity index (χ4v) is 6.04. The molecule has 1 unspecified atom stereocenters. The third-order valence-electron chi connectivity index (χ3n) is 9.15. The molecule has 0 spiro atoms. The number of aryl methyl sites for hydroxylation is 2. The number of phenolic OH excluding ortho intramolecular Hbond substituents is 2. The number of hydrogen-bond donors (Lipinski definition) is 6. The molecule has 278 valence electrons. The second-order valence-electron chi connectivity index (χ2n) is 13.4. The largest absolute Gasteiger partial charge is 0.507 e. The predicted octanol–water partition coefficient (Wildman–Crippen LogP) is 8.10. The number of phenols is 2. The molecule has 0 heterocycles. The second kappa shape index (κ2) is 25.0. The van der Waals surface area contributed by atoms with Crippen molar-refractivity contribution < 1.29 is 29.4 Å². The monoisotopic (exact) mass is 694 g/mol. The Balaban J connectivity index is 1.98. The molecule has 4 amide bonds. The van der Waals surface area contributed by atoms with E-state index in [1.54, 1.807) is 24.3 Å². The van der Waals surface area contributed by atoms with Gasteiger partial charge in [0.25, 0.3) is 11.8 Å². The van der Waals surface area contributed by atoms with Crippen molar-refractivity contribution in [1.82, 2.24) is 21.7 Å². The number of hydrazine groups is 2. The van der Waals surface area contributed by atoms with Gasteiger partial charge in [0.05, 0.1) is 11.1 Å². The lowest BCUT2D eigenvalue weighted by molar-refractivity contribution is -0.131. The Morgan fingerprint density at radius 1 is 0.540 bits per heavy atom. The van der Waals surface area contributed by atoms with E-state index in [0.29, 0.717) is 30.4 Å². The summed E-state index contributed by atoms with van der Waals surface area (Å²) in [6, 6.07) is 10.0. The summed E-state index contributed by atoms with van der Waals surface area (Å²) in [4.78, 5) is 52.1. The number of carbonyl (C=O) groups excluding carboxylic acids is 4. The molecule has 6 N–H and O–H groups in total. The molecule has 10 nitrogen and oxygen atoms in total. The van der Waals surface area contributed by atoms with Gasteiger partial charge in [0.2, 0.25) is 11.8 Å². The number of carbonyl (C=O) groups is 4. The van der Waals surface area contributed by atoms with Gasteiger partial charge in [-0.25, -0.2) is 0 Å². The van der Waals surface area contributed by atoms with Gasteiger partial charge in [0.1, 0.15) is 11.5 Å². The van der Waals surface area contributed by atoms with E-state index in [-0.39, 0.29) is 29.0 Å². The maximum absolute atomic E-state index is 13.3. The van der Waals surface area contributed by atoms with E-state index in [9.17, 15) is 29.4 Å². The second-order valence-corrected chi connectivity index (χ2v) is 13.4. The standard InChI is InChI=1S/C40H62N4O6/c1-4-7-10-13-16-19-24-32(38(48)42-44-40(50)34-28-21-26-31(37(34)47)23-18-15-12-9-6-3)29-35(45)41-43-39(49)33-27-20-25-30(36(33)46)22-17-14-11-8-5-2/h20-21,25-28,32,46-47H,4-19,22-24,29H2,1-3H3,(H,41,45)(H,42,48)(H,43,49)(H,44,50). The fraction of sp³-hybridized carbons (Fsp3) is 0.600. The normalized spacial score (nSPS) is 11.5. The lowest BCUT2D eigenvalue weighted by Gasteiger charge is -2.18. The van der Waals surface area contributed by atoms with Crippen molar-refractivity contribution in [2.24, 2.45) is 5.92 Å². The Labute approximate surface area is 299 Å². The van der Waals surface area contributed by atoms with Crippen LogP contribution in [-0.2, 0) is 22.4 Å². The van der Waals surface area contributed by atoms with Gasteiger partial charge in [-0.1, -0.05) is 135 Å². The number of benzene rings is 2. The van der Waals surface area contributed by atoms with Crippen LogP contribution in [0, 0.1) is 5.92 Å². The number of hydrogen-bond acceptors (Lipinski definition) is 6. The van der Waals surface area contributed by atoms with Crippen LogP contribution in [0.4, 0.5) is 0 Å². The molecule has 0 aromatic heterocycles. The van der Waals surface area contributed by atoms with Crippen LogP contribution >= 0.6 is 0 Å². The van der Waals surface area contributed by atoms with Crippen LogP contribution in [0.2, 0.25) is 0 Å². The van der Waals surface area contributed by atoms with Crippen molar-refractivity contribution in [2.45, 2.75) is 149 Å². The van der Waals surface area contributed by atoms with Crippen LogP contribution in [0.1, 0.15) is 168 Å². The van der Waals surface area contributed by atoms with E-state index >= 15 is 0 Å². The molecule has 2 aromatic carbocycles. The van der Waals surface area contributed by atoms with E-state index in [1.807, 2.05) is 0 Å². The summed E-state index contributed by atoms with van der Waals surface area (Å²) in [7, 11) is 0. The Kier molecular flexibility index (Phi) is 21.0. The van der Waals surface area contributed by atoms with E-state index in [2.05, 4.69) is 42.5 Å². The van der Waals surface area contributed by atoms with Crippen LogP contribution in [0.15, 0.2) is 36.4 Å². The smallest absolute Gasteiger partial charge is 0.273 e. The Hall–Kier alpha value is -4.08. The summed E-state index contributed by atoms with van der Waals surface area (Å²) in [5, 5.41) is 21.5. The average molecular weight is 695 g/mol. The van der Waals surface area contributed by atoms with E-state index in [1.165, 1.54) is 25.0 Å². The predicted molar refractivity (Wildman–Crippen MR) is 198 cm³/mol. The molecule has 0 saturated carbocycles. The molecule has 0 aliphatic carbocycles. The Morgan fingerprint density at radius 2 is 0.960 bits per heavy atom. The van der Waals surface area contributed by atoms with E-state index in [4.69, 9.17) is 0 Å². The molecule has 50 heavy (non-hydrogen) atoms. The maximum Gasteiger partial charge on any atom is 0.273 e. The Bertz CT molecular complexity index is 1330. The van der Waals surface area contributed by atoms with Gasteiger partial charge in [-0.2, -0.15) is 0 Å². The van der Waals surface area contributed by atoms with Gasteiger partial charge in [-0.05, 0) is 55.4 Å². The molecule has 2 rings (SSSR count). The molecule has 0 saturated heterocycles. The summed E-state index contributed by atoms with van der Waals surface area (Å²) in [6.45, 7) is 6.45. The highest BCUT2D eigenvalue weighted by Gasteiger charge is 2.24. The molecule has 0 aliphatic heterocycles. The number of rotatable bonds is 24. The van der Waals surface area contributed by atoms with Gasteiger partial charge >= 0.3 is 0 Å². The zero-order chi connectivity index (χ0) is 36.6. The molecule has 0 radical (unpaired) electrons. The number of aromatic hydroxyl groups is 2. The molecule has 1 atom stereocenters. The average Bonchev–Trinajstić information content (AvgIpc) is 3.11. The highest BCUT2D eigenvalue weighted by atomic mass is 16.3. The van der Waals surface area contributed by atoms with Gasteiger partial charge in [0.15, 0.2) is 0 Å². The topological polar surface area (TPSA) is 157 Å². The summed E-state index contributed by atoms with van der Waals surface area (Å²) in [5.41, 5.74) is 11.1. The third-order valence-corrected chi connectivity index (χ3v) is 9.15. The first-order chi connectivity index (χ1) is 24.2. The molecule has 0 aliphatic rings. The van der Waals surface area contributed by atoms with Crippen LogP contribution in [0.5, 0.6) is 11.5 Å². The lowest BCUT2D eigenvalue weighted by Crippen LogP contribution is -2.47. The maximum atomic E-state index is 13.3. The highest BCUT2D eigenvalue weighted by Crippen LogP contribution is 2.26. The summed E-state index contributed by atoms with van der Waals surface area (Å²) in [6.07, 6.45) is 18.3. The van der Waals surface area contributed by atoms with Crippen LogP contribution in [-0.4, -0.2) is 33.8 Å². The summed E-state index contributed by atoms with van der Waals surface area (Å²) < 4.78 is 0.